The fraction of sp³-hybridized carbons (Fsp3) is 0.889. The summed E-state index contributed by atoms with van der Waals surface area (Å²) in [6.45, 7) is 3.58. The van der Waals surface area contributed by atoms with Crippen LogP contribution in [0.25, 0.3) is 0 Å². The van der Waals surface area contributed by atoms with Crippen molar-refractivity contribution in [2.45, 2.75) is 25.5 Å². The molecule has 0 bridgehead atoms. The number of likely N-dealkylation sites (N-methyl/N-ethyl adjacent to an activating group) is 1. The molecule has 1 saturated heterocycles. The molecule has 0 saturated carbocycles. The molecule has 1 rings (SSSR count). The van der Waals surface area contributed by atoms with E-state index in [0.29, 0.717) is 0 Å². The minimum absolute atomic E-state index is 0.00241. The number of ether oxygens (including phenoxy) is 1. The quantitative estimate of drug-likeness (QED) is 0.663. The summed E-state index contributed by atoms with van der Waals surface area (Å²) in [5.74, 6) is 0.198. The van der Waals surface area contributed by atoms with E-state index in [0.717, 1.165) is 19.5 Å². The maximum Gasteiger partial charge on any atom is 0.239 e. The van der Waals surface area contributed by atoms with Gasteiger partial charge in [0.2, 0.25) is 5.91 Å². The van der Waals surface area contributed by atoms with Crippen LogP contribution in [0.3, 0.4) is 0 Å². The van der Waals surface area contributed by atoms with E-state index in [1.807, 2.05) is 14.0 Å². The molecule has 13 heavy (non-hydrogen) atoms. The van der Waals surface area contributed by atoms with Crippen LogP contribution in [0.1, 0.15) is 13.3 Å². The predicted molar refractivity (Wildman–Crippen MR) is 50.5 cm³/mol. The number of rotatable bonds is 4. The van der Waals surface area contributed by atoms with Crippen LogP contribution in [0.4, 0.5) is 0 Å². The van der Waals surface area contributed by atoms with Crippen molar-refractivity contribution in [2.75, 3.05) is 27.2 Å². The van der Waals surface area contributed by atoms with Crippen molar-refractivity contribution in [1.82, 2.24) is 10.2 Å². The standard InChI is InChI=1S/C9H18N2O2/c1-7(13-3)6-10-8-4-5-11(2)9(8)12/h7-8,10H,4-6H2,1-3H3. The number of amides is 1. The van der Waals surface area contributed by atoms with Gasteiger partial charge in [-0.05, 0) is 13.3 Å². The van der Waals surface area contributed by atoms with Gasteiger partial charge >= 0.3 is 0 Å². The highest BCUT2D eigenvalue weighted by Gasteiger charge is 2.28. The third kappa shape index (κ3) is 2.67. The molecule has 1 amide bonds. The zero-order chi connectivity index (χ0) is 9.84. The molecule has 0 aromatic rings. The highest BCUT2D eigenvalue weighted by atomic mass is 16.5. The fourth-order valence-electron chi connectivity index (χ4n) is 1.40. The van der Waals surface area contributed by atoms with Gasteiger partial charge in [0, 0.05) is 27.2 Å². The summed E-state index contributed by atoms with van der Waals surface area (Å²) >= 11 is 0. The number of nitrogens with zero attached hydrogens (tertiary/aromatic N) is 1. The van der Waals surface area contributed by atoms with Crippen molar-refractivity contribution in [2.24, 2.45) is 0 Å². The molecular formula is C9H18N2O2. The van der Waals surface area contributed by atoms with Gasteiger partial charge in [-0.25, -0.2) is 0 Å². The summed E-state index contributed by atoms with van der Waals surface area (Å²) in [5.41, 5.74) is 0. The van der Waals surface area contributed by atoms with Gasteiger partial charge in [0.05, 0.1) is 12.1 Å². The molecule has 2 unspecified atom stereocenters. The van der Waals surface area contributed by atoms with Gasteiger partial charge < -0.3 is 15.0 Å². The number of methoxy groups -OCH3 is 1. The van der Waals surface area contributed by atoms with E-state index in [2.05, 4.69) is 5.32 Å². The molecule has 1 N–H and O–H groups in total. The van der Waals surface area contributed by atoms with E-state index in [1.165, 1.54) is 0 Å². The second-order valence-corrected chi connectivity index (χ2v) is 3.56. The van der Waals surface area contributed by atoms with Crippen LogP contribution in [0, 0.1) is 0 Å². The van der Waals surface area contributed by atoms with Gasteiger partial charge in [0.1, 0.15) is 0 Å². The van der Waals surface area contributed by atoms with Crippen LogP contribution in [-0.4, -0.2) is 50.2 Å². The van der Waals surface area contributed by atoms with Crippen LogP contribution in [0.15, 0.2) is 0 Å². The summed E-state index contributed by atoms with van der Waals surface area (Å²) < 4.78 is 5.08. The average molecular weight is 186 g/mol. The summed E-state index contributed by atoms with van der Waals surface area (Å²) in [4.78, 5) is 13.2. The summed E-state index contributed by atoms with van der Waals surface area (Å²) in [5, 5.41) is 3.20. The molecule has 0 spiro atoms. The average Bonchev–Trinajstić information content (AvgIpc) is 2.44. The molecule has 4 nitrogen and oxygen atoms in total. The van der Waals surface area contributed by atoms with Gasteiger partial charge in [-0.15, -0.1) is 0 Å². The Labute approximate surface area is 79.2 Å². The first-order valence-electron chi connectivity index (χ1n) is 4.66. The lowest BCUT2D eigenvalue weighted by molar-refractivity contribution is -0.128. The van der Waals surface area contributed by atoms with Gasteiger partial charge in [-0.2, -0.15) is 0 Å². The Morgan fingerprint density at radius 1 is 1.77 bits per heavy atom. The number of carbonyl (C=O) groups is 1. The molecule has 4 heteroatoms. The third-order valence-electron chi connectivity index (χ3n) is 2.48. The van der Waals surface area contributed by atoms with Gasteiger partial charge in [0.15, 0.2) is 0 Å². The molecule has 0 aromatic heterocycles. The monoisotopic (exact) mass is 186 g/mol. The molecule has 1 aliphatic heterocycles. The summed E-state index contributed by atoms with van der Waals surface area (Å²) in [7, 11) is 3.51. The van der Waals surface area contributed by atoms with E-state index in [-0.39, 0.29) is 18.1 Å². The smallest absolute Gasteiger partial charge is 0.239 e. The minimum atomic E-state index is 0.00241. The van der Waals surface area contributed by atoms with Crippen molar-refractivity contribution < 1.29 is 9.53 Å². The topological polar surface area (TPSA) is 41.6 Å². The van der Waals surface area contributed by atoms with E-state index in [4.69, 9.17) is 4.74 Å². The molecule has 0 radical (unpaired) electrons. The largest absolute Gasteiger partial charge is 0.380 e. The molecule has 1 aliphatic rings. The van der Waals surface area contributed by atoms with Gasteiger partial charge in [0.25, 0.3) is 0 Å². The maximum absolute atomic E-state index is 11.4. The first kappa shape index (κ1) is 10.5. The number of likely N-dealkylation sites (tertiary alicyclic amines) is 1. The Balaban J connectivity index is 2.26. The fourth-order valence-corrected chi connectivity index (χ4v) is 1.40. The number of hydrogen-bond donors (Lipinski definition) is 1. The van der Waals surface area contributed by atoms with Crippen molar-refractivity contribution >= 4 is 5.91 Å². The zero-order valence-electron chi connectivity index (χ0n) is 8.54. The highest BCUT2D eigenvalue weighted by Crippen LogP contribution is 2.08. The Morgan fingerprint density at radius 2 is 2.46 bits per heavy atom. The first-order valence-corrected chi connectivity index (χ1v) is 4.66. The minimum Gasteiger partial charge on any atom is -0.380 e. The zero-order valence-corrected chi connectivity index (χ0v) is 8.54. The summed E-state index contributed by atoms with van der Waals surface area (Å²) in [6.07, 6.45) is 1.07. The molecule has 2 atom stereocenters. The van der Waals surface area contributed by atoms with Gasteiger partial charge in [-0.3, -0.25) is 4.79 Å². The van der Waals surface area contributed by atoms with Crippen LogP contribution in [0.2, 0.25) is 0 Å². The molecule has 1 fully saturated rings. The summed E-state index contributed by atoms with van der Waals surface area (Å²) in [6, 6.07) is 0.00241. The van der Waals surface area contributed by atoms with Crippen LogP contribution < -0.4 is 5.32 Å². The molecular weight excluding hydrogens is 168 g/mol. The van der Waals surface area contributed by atoms with Crippen LogP contribution in [-0.2, 0) is 9.53 Å². The number of hydrogen-bond acceptors (Lipinski definition) is 3. The second kappa shape index (κ2) is 4.58. The third-order valence-corrected chi connectivity index (χ3v) is 2.48. The lowest BCUT2D eigenvalue weighted by Gasteiger charge is -2.15. The Bertz CT molecular complexity index is 184. The Hall–Kier alpha value is -0.610. The SMILES string of the molecule is COC(C)CNC1CCN(C)C1=O. The molecule has 1 heterocycles. The molecule has 76 valence electrons. The van der Waals surface area contributed by atoms with Crippen LogP contribution >= 0.6 is 0 Å². The normalized spacial score (nSPS) is 25.3. The van der Waals surface area contributed by atoms with E-state index >= 15 is 0 Å². The second-order valence-electron chi connectivity index (χ2n) is 3.56. The highest BCUT2D eigenvalue weighted by molar-refractivity contribution is 5.83. The molecule has 0 aromatic carbocycles. The lowest BCUT2D eigenvalue weighted by atomic mass is 10.2. The Morgan fingerprint density at radius 3 is 2.92 bits per heavy atom. The molecule has 0 aliphatic carbocycles. The van der Waals surface area contributed by atoms with E-state index in [1.54, 1.807) is 12.0 Å². The number of nitrogens with one attached hydrogen (secondary N) is 1. The first-order chi connectivity index (χ1) is 6.15. The van der Waals surface area contributed by atoms with Crippen molar-refractivity contribution in [3.63, 3.8) is 0 Å². The predicted octanol–water partition coefficient (Wildman–Crippen LogP) is -0.158. The number of carbonyl (C=O) groups excluding carboxylic acids is 1. The van der Waals surface area contributed by atoms with E-state index < -0.39 is 0 Å². The maximum atomic E-state index is 11.4. The van der Waals surface area contributed by atoms with E-state index in [9.17, 15) is 4.79 Å². The van der Waals surface area contributed by atoms with Crippen LogP contribution in [0.5, 0.6) is 0 Å². The Kier molecular flexibility index (Phi) is 3.69. The van der Waals surface area contributed by atoms with Crippen molar-refractivity contribution in [3.05, 3.63) is 0 Å². The van der Waals surface area contributed by atoms with Crippen molar-refractivity contribution in [3.8, 4) is 0 Å². The lowest BCUT2D eigenvalue weighted by Crippen LogP contribution is -2.40. The van der Waals surface area contributed by atoms with Crippen molar-refractivity contribution in [1.29, 1.82) is 0 Å². The van der Waals surface area contributed by atoms with Gasteiger partial charge in [-0.1, -0.05) is 0 Å².